The number of anilines is 1. The molecule has 0 aliphatic rings. The van der Waals surface area contributed by atoms with Crippen molar-refractivity contribution in [3.63, 3.8) is 0 Å². The fourth-order valence-corrected chi connectivity index (χ4v) is 1.43. The molecule has 1 aromatic carbocycles. The summed E-state index contributed by atoms with van der Waals surface area (Å²) in [6.07, 6.45) is 1.59. The highest BCUT2D eigenvalue weighted by atomic mass is 19.1. The van der Waals surface area contributed by atoms with Crippen LogP contribution in [0.2, 0.25) is 0 Å². The minimum absolute atomic E-state index is 0.330. The van der Waals surface area contributed by atoms with Crippen molar-refractivity contribution < 1.29 is 4.39 Å². The number of rotatable bonds is 4. The summed E-state index contributed by atoms with van der Waals surface area (Å²) in [4.78, 5) is 8.28. The van der Waals surface area contributed by atoms with Crippen molar-refractivity contribution in [3.05, 3.63) is 42.3 Å². The molecule has 3 N–H and O–H groups in total. The summed E-state index contributed by atoms with van der Waals surface area (Å²) < 4.78 is 13.5. The van der Waals surface area contributed by atoms with E-state index in [9.17, 15) is 4.39 Å². The molecule has 0 atom stereocenters. The van der Waals surface area contributed by atoms with Gasteiger partial charge >= 0.3 is 0 Å². The normalized spacial score (nSPS) is 10.2. The summed E-state index contributed by atoms with van der Waals surface area (Å²) in [6.45, 7) is 1.13. The number of nitrogens with one attached hydrogen (secondary N) is 1. The van der Waals surface area contributed by atoms with Crippen LogP contribution < -0.4 is 11.1 Å². The smallest absolute Gasteiger partial charge is 0.164 e. The monoisotopic (exact) mass is 232 g/mol. The Morgan fingerprint density at radius 1 is 1.24 bits per heavy atom. The van der Waals surface area contributed by atoms with Crippen molar-refractivity contribution in [1.82, 2.24) is 9.97 Å². The third kappa shape index (κ3) is 2.76. The van der Waals surface area contributed by atoms with Crippen LogP contribution in [0.15, 0.2) is 36.5 Å². The van der Waals surface area contributed by atoms with Gasteiger partial charge in [0.25, 0.3) is 0 Å². The third-order valence-electron chi connectivity index (χ3n) is 2.22. The van der Waals surface area contributed by atoms with Gasteiger partial charge in [-0.25, -0.2) is 14.4 Å². The van der Waals surface area contributed by atoms with E-state index in [2.05, 4.69) is 15.3 Å². The number of hydrogen-bond acceptors (Lipinski definition) is 4. The Balaban J connectivity index is 2.30. The van der Waals surface area contributed by atoms with Crippen LogP contribution in [-0.4, -0.2) is 23.1 Å². The molecule has 4 nitrogen and oxygen atoms in total. The van der Waals surface area contributed by atoms with Gasteiger partial charge in [0.15, 0.2) is 5.82 Å². The van der Waals surface area contributed by atoms with Gasteiger partial charge in [-0.05, 0) is 18.2 Å². The summed E-state index contributed by atoms with van der Waals surface area (Å²) in [7, 11) is 0. The molecule has 1 aromatic heterocycles. The quantitative estimate of drug-likeness (QED) is 0.841. The van der Waals surface area contributed by atoms with Crippen molar-refractivity contribution in [3.8, 4) is 11.4 Å². The molecule has 0 bridgehead atoms. The predicted molar refractivity (Wildman–Crippen MR) is 65.0 cm³/mol. The minimum atomic E-state index is -0.330. The molecule has 0 fully saturated rings. The van der Waals surface area contributed by atoms with Gasteiger partial charge in [-0.15, -0.1) is 0 Å². The molecule has 17 heavy (non-hydrogen) atoms. The number of nitrogens with zero attached hydrogens (tertiary/aromatic N) is 2. The summed E-state index contributed by atoms with van der Waals surface area (Å²) in [5.41, 5.74) is 5.78. The second-order valence-corrected chi connectivity index (χ2v) is 3.46. The molecule has 88 valence electrons. The van der Waals surface area contributed by atoms with E-state index in [0.29, 0.717) is 30.3 Å². The molecule has 0 amide bonds. The van der Waals surface area contributed by atoms with Crippen molar-refractivity contribution in [2.45, 2.75) is 0 Å². The van der Waals surface area contributed by atoms with E-state index in [4.69, 9.17) is 5.73 Å². The molecular formula is C12H13FN4. The lowest BCUT2D eigenvalue weighted by Crippen LogP contribution is -2.14. The fourth-order valence-electron chi connectivity index (χ4n) is 1.43. The number of benzene rings is 1. The van der Waals surface area contributed by atoms with E-state index in [1.54, 1.807) is 30.5 Å². The van der Waals surface area contributed by atoms with Crippen LogP contribution in [0.1, 0.15) is 0 Å². The Labute approximate surface area is 98.7 Å². The molecule has 0 saturated heterocycles. The summed E-state index contributed by atoms with van der Waals surface area (Å²) in [6, 6.07) is 8.15. The van der Waals surface area contributed by atoms with Crippen LogP contribution in [0.25, 0.3) is 11.4 Å². The SMILES string of the molecule is NCCNc1ccnc(-c2ccccc2F)n1. The first kappa shape index (κ1) is 11.5. The first-order valence-corrected chi connectivity index (χ1v) is 5.33. The summed E-state index contributed by atoms with van der Waals surface area (Å²) >= 11 is 0. The van der Waals surface area contributed by atoms with Crippen LogP contribution >= 0.6 is 0 Å². The van der Waals surface area contributed by atoms with Crippen molar-refractivity contribution in [2.24, 2.45) is 5.73 Å². The Morgan fingerprint density at radius 3 is 2.82 bits per heavy atom. The molecule has 5 heteroatoms. The molecule has 0 saturated carbocycles. The van der Waals surface area contributed by atoms with E-state index < -0.39 is 0 Å². The zero-order valence-corrected chi connectivity index (χ0v) is 9.23. The van der Waals surface area contributed by atoms with Gasteiger partial charge in [-0.2, -0.15) is 0 Å². The van der Waals surface area contributed by atoms with E-state index in [1.165, 1.54) is 6.07 Å². The lowest BCUT2D eigenvalue weighted by Gasteiger charge is -2.06. The van der Waals surface area contributed by atoms with Gasteiger partial charge in [-0.3, -0.25) is 0 Å². The lowest BCUT2D eigenvalue weighted by atomic mass is 10.2. The van der Waals surface area contributed by atoms with Gasteiger partial charge in [0.1, 0.15) is 11.6 Å². The van der Waals surface area contributed by atoms with Gasteiger partial charge < -0.3 is 11.1 Å². The number of hydrogen-bond donors (Lipinski definition) is 2. The molecule has 0 radical (unpaired) electrons. The molecule has 0 unspecified atom stereocenters. The number of nitrogens with two attached hydrogens (primary N) is 1. The van der Waals surface area contributed by atoms with Crippen LogP contribution in [-0.2, 0) is 0 Å². The highest BCUT2D eigenvalue weighted by molar-refractivity contribution is 5.57. The Morgan fingerprint density at radius 2 is 2.06 bits per heavy atom. The lowest BCUT2D eigenvalue weighted by molar-refractivity contribution is 0.630. The maximum absolute atomic E-state index is 13.5. The van der Waals surface area contributed by atoms with Crippen LogP contribution in [0.3, 0.4) is 0 Å². The molecule has 2 aromatic rings. The van der Waals surface area contributed by atoms with E-state index in [-0.39, 0.29) is 5.82 Å². The number of aromatic nitrogens is 2. The van der Waals surface area contributed by atoms with Crippen LogP contribution in [0.4, 0.5) is 10.2 Å². The van der Waals surface area contributed by atoms with E-state index in [1.807, 2.05) is 0 Å². The Kier molecular flexibility index (Phi) is 3.62. The molecule has 1 heterocycles. The van der Waals surface area contributed by atoms with Gasteiger partial charge in [0.05, 0.1) is 5.56 Å². The molecule has 2 rings (SSSR count). The van der Waals surface area contributed by atoms with Crippen molar-refractivity contribution >= 4 is 5.82 Å². The van der Waals surface area contributed by atoms with Crippen molar-refractivity contribution in [1.29, 1.82) is 0 Å². The average Bonchev–Trinajstić information content (AvgIpc) is 2.37. The Bertz CT molecular complexity index is 501. The van der Waals surface area contributed by atoms with Crippen molar-refractivity contribution in [2.75, 3.05) is 18.4 Å². The third-order valence-corrected chi connectivity index (χ3v) is 2.22. The Hall–Kier alpha value is -2.01. The van der Waals surface area contributed by atoms with Crippen LogP contribution in [0.5, 0.6) is 0 Å². The molecule has 0 aliphatic heterocycles. The highest BCUT2D eigenvalue weighted by Crippen LogP contribution is 2.19. The fraction of sp³-hybridized carbons (Fsp3) is 0.167. The standard InChI is InChI=1S/C12H13FN4/c13-10-4-2-1-3-9(10)12-16-7-5-11(17-12)15-8-6-14/h1-5,7H,6,8,14H2,(H,15,16,17). The predicted octanol–water partition coefficient (Wildman–Crippen LogP) is 1.65. The maximum Gasteiger partial charge on any atom is 0.164 e. The maximum atomic E-state index is 13.5. The zero-order valence-electron chi connectivity index (χ0n) is 9.23. The van der Waals surface area contributed by atoms with E-state index >= 15 is 0 Å². The second kappa shape index (κ2) is 5.36. The van der Waals surface area contributed by atoms with Gasteiger partial charge in [0.2, 0.25) is 0 Å². The molecule has 0 aliphatic carbocycles. The van der Waals surface area contributed by atoms with Gasteiger partial charge in [-0.1, -0.05) is 12.1 Å². The van der Waals surface area contributed by atoms with E-state index in [0.717, 1.165) is 0 Å². The summed E-state index contributed by atoms with van der Waals surface area (Å²) in [5.74, 6) is 0.678. The summed E-state index contributed by atoms with van der Waals surface area (Å²) in [5, 5.41) is 3.03. The largest absolute Gasteiger partial charge is 0.369 e. The molecular weight excluding hydrogens is 219 g/mol. The number of halogens is 1. The molecule has 0 spiro atoms. The first-order chi connectivity index (χ1) is 8.31. The zero-order chi connectivity index (χ0) is 12.1. The second-order valence-electron chi connectivity index (χ2n) is 3.46. The first-order valence-electron chi connectivity index (χ1n) is 5.33. The minimum Gasteiger partial charge on any atom is -0.369 e. The average molecular weight is 232 g/mol. The highest BCUT2D eigenvalue weighted by Gasteiger charge is 2.07. The van der Waals surface area contributed by atoms with Crippen LogP contribution in [0, 0.1) is 5.82 Å². The van der Waals surface area contributed by atoms with Gasteiger partial charge in [0, 0.05) is 19.3 Å². The topological polar surface area (TPSA) is 63.8 Å².